The smallest absolute Gasteiger partial charge is 0.189 e. The average molecular weight is 274 g/mol. The molecular formula is C12H16ClNO2S. The van der Waals surface area contributed by atoms with E-state index in [1.165, 1.54) is 11.3 Å². The van der Waals surface area contributed by atoms with Crippen molar-refractivity contribution < 1.29 is 9.53 Å². The molecule has 0 bridgehead atoms. The number of rotatable bonds is 3. The van der Waals surface area contributed by atoms with Crippen LogP contribution < -0.4 is 0 Å². The number of nitrogens with zero attached hydrogens (tertiary/aromatic N) is 1. The van der Waals surface area contributed by atoms with Crippen molar-refractivity contribution in [3.05, 3.63) is 21.3 Å². The number of thiophene rings is 1. The molecule has 1 aromatic heterocycles. The molecule has 1 aromatic rings. The summed E-state index contributed by atoms with van der Waals surface area (Å²) in [5, 5.41) is 0. The van der Waals surface area contributed by atoms with Crippen molar-refractivity contribution in [1.29, 1.82) is 0 Å². The fourth-order valence-corrected chi connectivity index (χ4v) is 3.18. The number of hydrogen-bond acceptors (Lipinski definition) is 4. The zero-order chi connectivity index (χ0) is 12.4. The predicted octanol–water partition coefficient (Wildman–Crippen LogP) is 2.69. The SMILES string of the molecule is CC1COCCN1C(C)C(=O)c1ccc(Cl)s1. The molecule has 0 aromatic carbocycles. The van der Waals surface area contributed by atoms with Gasteiger partial charge in [-0.3, -0.25) is 9.69 Å². The van der Waals surface area contributed by atoms with Crippen LogP contribution in [-0.2, 0) is 4.74 Å². The number of ether oxygens (including phenoxy) is 1. The first-order chi connectivity index (χ1) is 8.09. The van der Waals surface area contributed by atoms with E-state index in [2.05, 4.69) is 11.8 Å². The molecule has 1 aliphatic heterocycles. The van der Waals surface area contributed by atoms with Crippen molar-refractivity contribution in [2.75, 3.05) is 19.8 Å². The van der Waals surface area contributed by atoms with Crippen molar-refractivity contribution in [3.63, 3.8) is 0 Å². The summed E-state index contributed by atoms with van der Waals surface area (Å²) in [5.41, 5.74) is 0. The van der Waals surface area contributed by atoms with E-state index >= 15 is 0 Å². The Kier molecular flexibility index (Phi) is 4.20. The molecule has 2 unspecified atom stereocenters. The van der Waals surface area contributed by atoms with Gasteiger partial charge < -0.3 is 4.74 Å². The minimum absolute atomic E-state index is 0.108. The van der Waals surface area contributed by atoms with Gasteiger partial charge >= 0.3 is 0 Å². The molecule has 1 aliphatic rings. The Balaban J connectivity index is 2.08. The van der Waals surface area contributed by atoms with Crippen molar-refractivity contribution in [3.8, 4) is 0 Å². The quantitative estimate of drug-likeness (QED) is 0.793. The summed E-state index contributed by atoms with van der Waals surface area (Å²) >= 11 is 7.20. The van der Waals surface area contributed by atoms with E-state index in [4.69, 9.17) is 16.3 Å². The standard InChI is InChI=1S/C12H16ClNO2S/c1-8-7-16-6-5-14(8)9(2)12(15)10-3-4-11(13)17-10/h3-4,8-9H,5-7H2,1-2H3. The molecule has 2 rings (SSSR count). The van der Waals surface area contributed by atoms with E-state index in [9.17, 15) is 4.79 Å². The van der Waals surface area contributed by atoms with E-state index < -0.39 is 0 Å². The first-order valence-corrected chi connectivity index (χ1v) is 6.92. The zero-order valence-electron chi connectivity index (χ0n) is 9.98. The maximum Gasteiger partial charge on any atom is 0.189 e. The summed E-state index contributed by atoms with van der Waals surface area (Å²) < 4.78 is 6.04. The second kappa shape index (κ2) is 5.48. The van der Waals surface area contributed by atoms with E-state index in [-0.39, 0.29) is 17.9 Å². The summed E-state index contributed by atoms with van der Waals surface area (Å²) in [6.07, 6.45) is 0. The van der Waals surface area contributed by atoms with Gasteiger partial charge in [-0.25, -0.2) is 0 Å². The van der Waals surface area contributed by atoms with Gasteiger partial charge in [-0.05, 0) is 26.0 Å². The van der Waals surface area contributed by atoms with Gasteiger partial charge in [0.05, 0.1) is 28.5 Å². The number of Topliss-reactive ketones (excluding diaryl/α,β-unsaturated/α-hetero) is 1. The van der Waals surface area contributed by atoms with Crippen LogP contribution in [0.15, 0.2) is 12.1 Å². The van der Waals surface area contributed by atoms with Crippen LogP contribution in [-0.4, -0.2) is 42.5 Å². The van der Waals surface area contributed by atoms with Gasteiger partial charge in [0.1, 0.15) is 0 Å². The predicted molar refractivity (Wildman–Crippen MR) is 70.1 cm³/mol. The van der Waals surface area contributed by atoms with E-state index in [1.54, 1.807) is 12.1 Å². The fraction of sp³-hybridized carbons (Fsp3) is 0.583. The highest BCUT2D eigenvalue weighted by atomic mass is 35.5. The Morgan fingerprint density at radius 3 is 3.00 bits per heavy atom. The highest BCUT2D eigenvalue weighted by molar-refractivity contribution is 7.18. The van der Waals surface area contributed by atoms with Crippen molar-refractivity contribution in [2.24, 2.45) is 0 Å². The van der Waals surface area contributed by atoms with Crippen LogP contribution in [0, 0.1) is 0 Å². The summed E-state index contributed by atoms with van der Waals surface area (Å²) in [6.45, 7) is 6.26. The molecule has 0 N–H and O–H groups in total. The van der Waals surface area contributed by atoms with Gasteiger partial charge in [-0.15, -0.1) is 11.3 Å². The van der Waals surface area contributed by atoms with Crippen LogP contribution in [0.1, 0.15) is 23.5 Å². The van der Waals surface area contributed by atoms with Crippen LogP contribution in [0.4, 0.5) is 0 Å². The van der Waals surface area contributed by atoms with Gasteiger partial charge in [-0.1, -0.05) is 11.6 Å². The van der Waals surface area contributed by atoms with Gasteiger partial charge in [0, 0.05) is 12.6 Å². The van der Waals surface area contributed by atoms with Gasteiger partial charge in [-0.2, -0.15) is 0 Å². The molecule has 0 saturated carbocycles. The molecule has 3 nitrogen and oxygen atoms in total. The number of morpholine rings is 1. The van der Waals surface area contributed by atoms with E-state index in [0.717, 1.165) is 11.4 Å². The van der Waals surface area contributed by atoms with E-state index in [0.29, 0.717) is 17.6 Å². The molecular weight excluding hydrogens is 258 g/mol. The molecule has 94 valence electrons. The molecule has 2 atom stereocenters. The lowest BCUT2D eigenvalue weighted by molar-refractivity contribution is -0.0143. The lowest BCUT2D eigenvalue weighted by Crippen LogP contribution is -2.51. The maximum absolute atomic E-state index is 12.3. The molecule has 0 spiro atoms. The van der Waals surface area contributed by atoms with E-state index in [1.807, 2.05) is 6.92 Å². The molecule has 2 heterocycles. The lowest BCUT2D eigenvalue weighted by Gasteiger charge is -2.36. The van der Waals surface area contributed by atoms with Gasteiger partial charge in [0.2, 0.25) is 0 Å². The van der Waals surface area contributed by atoms with Crippen molar-refractivity contribution >= 4 is 28.7 Å². The Morgan fingerprint density at radius 1 is 1.65 bits per heavy atom. The summed E-state index contributed by atoms with van der Waals surface area (Å²) in [6, 6.07) is 3.76. The minimum Gasteiger partial charge on any atom is -0.379 e. The number of hydrogen-bond donors (Lipinski definition) is 0. The topological polar surface area (TPSA) is 29.5 Å². The van der Waals surface area contributed by atoms with Crippen LogP contribution in [0.3, 0.4) is 0 Å². The number of carbonyl (C=O) groups excluding carboxylic acids is 1. The molecule has 0 aliphatic carbocycles. The molecule has 5 heteroatoms. The van der Waals surface area contributed by atoms with Crippen LogP contribution >= 0.6 is 22.9 Å². The normalized spacial score (nSPS) is 23.6. The fourth-order valence-electron chi connectivity index (χ4n) is 2.12. The summed E-state index contributed by atoms with van der Waals surface area (Å²) in [5.74, 6) is 0.149. The van der Waals surface area contributed by atoms with Crippen LogP contribution in [0.2, 0.25) is 4.34 Å². The van der Waals surface area contributed by atoms with Gasteiger partial charge in [0.15, 0.2) is 5.78 Å². The third kappa shape index (κ3) is 2.88. The first-order valence-electron chi connectivity index (χ1n) is 5.72. The Hall–Kier alpha value is -0.420. The molecule has 1 fully saturated rings. The molecule has 0 amide bonds. The van der Waals surface area contributed by atoms with Crippen molar-refractivity contribution in [2.45, 2.75) is 25.9 Å². The minimum atomic E-state index is -0.108. The van der Waals surface area contributed by atoms with Crippen LogP contribution in [0.25, 0.3) is 0 Å². The Labute approximate surface area is 110 Å². The number of ketones is 1. The second-order valence-electron chi connectivity index (χ2n) is 4.31. The number of halogens is 1. The number of carbonyl (C=O) groups is 1. The van der Waals surface area contributed by atoms with Crippen molar-refractivity contribution in [1.82, 2.24) is 4.90 Å². The van der Waals surface area contributed by atoms with Crippen LogP contribution in [0.5, 0.6) is 0 Å². The zero-order valence-corrected chi connectivity index (χ0v) is 11.6. The lowest BCUT2D eigenvalue weighted by atomic mass is 10.1. The third-order valence-electron chi connectivity index (χ3n) is 3.11. The largest absolute Gasteiger partial charge is 0.379 e. The highest BCUT2D eigenvalue weighted by Gasteiger charge is 2.29. The Bertz CT molecular complexity index is 407. The summed E-state index contributed by atoms with van der Waals surface area (Å²) in [7, 11) is 0. The molecule has 1 saturated heterocycles. The average Bonchev–Trinajstić information content (AvgIpc) is 2.75. The molecule has 0 radical (unpaired) electrons. The van der Waals surface area contributed by atoms with Gasteiger partial charge in [0.25, 0.3) is 0 Å². The first kappa shape index (κ1) is 13.0. The molecule has 17 heavy (non-hydrogen) atoms. The highest BCUT2D eigenvalue weighted by Crippen LogP contribution is 2.24. The monoisotopic (exact) mass is 273 g/mol. The second-order valence-corrected chi connectivity index (χ2v) is 6.02. The third-order valence-corrected chi connectivity index (χ3v) is 4.36. The maximum atomic E-state index is 12.3. The Morgan fingerprint density at radius 2 is 2.41 bits per heavy atom. The summed E-state index contributed by atoms with van der Waals surface area (Å²) in [4.78, 5) is 15.2.